The number of ether oxygens (including phenoxy) is 1. The molecule has 5 nitrogen and oxygen atoms in total. The molecule has 0 radical (unpaired) electrons. The van der Waals surface area contributed by atoms with Gasteiger partial charge in [0, 0.05) is 11.1 Å². The van der Waals surface area contributed by atoms with E-state index in [0.717, 1.165) is 4.90 Å². The molecule has 0 bridgehead atoms. The van der Waals surface area contributed by atoms with Crippen LogP contribution in [0.4, 0.5) is 10.5 Å². The number of allylic oxidation sites excluding steroid dienone is 2. The molecule has 0 N–H and O–H groups in total. The van der Waals surface area contributed by atoms with Gasteiger partial charge in [-0.25, -0.2) is 9.69 Å². The molecular weight excluding hydrogens is 366 g/mol. The van der Waals surface area contributed by atoms with Crippen LogP contribution in [0, 0.1) is 0 Å². The van der Waals surface area contributed by atoms with E-state index in [2.05, 4.69) is 0 Å². The van der Waals surface area contributed by atoms with Gasteiger partial charge in [-0.05, 0) is 32.9 Å². The Morgan fingerprint density at radius 1 is 0.889 bits per heavy atom. The summed E-state index contributed by atoms with van der Waals surface area (Å²) in [5, 5.41) is -0.312. The first-order valence-electron chi connectivity index (χ1n) is 8.37. The third-order valence-corrected chi connectivity index (χ3v) is 4.20. The summed E-state index contributed by atoms with van der Waals surface area (Å²) in [7, 11) is 0. The quantitative estimate of drug-likeness (QED) is 0.735. The van der Waals surface area contributed by atoms with Crippen molar-refractivity contribution < 1.29 is 19.1 Å². The molecule has 0 saturated heterocycles. The predicted octanol–water partition coefficient (Wildman–Crippen LogP) is 4.96. The van der Waals surface area contributed by atoms with E-state index in [-0.39, 0.29) is 21.9 Å². The van der Waals surface area contributed by atoms with E-state index < -0.39 is 23.3 Å². The lowest BCUT2D eigenvalue weighted by molar-refractivity contribution is 0.0586. The van der Waals surface area contributed by atoms with E-state index in [1.54, 1.807) is 63.2 Å². The number of amides is 1. The van der Waals surface area contributed by atoms with E-state index in [1.807, 2.05) is 0 Å². The van der Waals surface area contributed by atoms with Gasteiger partial charge in [-0.1, -0.05) is 54.1 Å². The van der Waals surface area contributed by atoms with Crippen LogP contribution in [0.2, 0.25) is 0 Å². The van der Waals surface area contributed by atoms with Gasteiger partial charge in [0.1, 0.15) is 16.3 Å². The molecule has 1 amide bonds. The van der Waals surface area contributed by atoms with Gasteiger partial charge in [0.15, 0.2) is 0 Å². The van der Waals surface area contributed by atoms with Crippen LogP contribution in [-0.2, 0) is 4.74 Å². The number of nitrogens with zero attached hydrogens (tertiary/aromatic N) is 1. The molecule has 2 aromatic carbocycles. The van der Waals surface area contributed by atoms with Crippen molar-refractivity contribution >= 4 is 34.9 Å². The Balaban J connectivity index is 2.18. The van der Waals surface area contributed by atoms with E-state index in [9.17, 15) is 14.4 Å². The number of benzene rings is 2. The SMILES string of the molecule is CC(C)(C)OC(=O)N(C1=C(Cl)C(=O)c2ccccc2C1=O)c1ccccc1. The number of fused-ring (bicyclic) bond motifs is 1. The minimum absolute atomic E-state index is 0.200. The summed E-state index contributed by atoms with van der Waals surface area (Å²) in [6.45, 7) is 5.15. The Labute approximate surface area is 162 Å². The van der Waals surface area contributed by atoms with Gasteiger partial charge in [-0.2, -0.15) is 0 Å². The highest BCUT2D eigenvalue weighted by molar-refractivity contribution is 6.50. The van der Waals surface area contributed by atoms with Crippen molar-refractivity contribution in [2.45, 2.75) is 26.4 Å². The van der Waals surface area contributed by atoms with Gasteiger partial charge in [-0.15, -0.1) is 0 Å². The lowest BCUT2D eigenvalue weighted by Gasteiger charge is -2.30. The summed E-state index contributed by atoms with van der Waals surface area (Å²) < 4.78 is 5.46. The van der Waals surface area contributed by atoms with Crippen molar-refractivity contribution in [3.05, 3.63) is 76.5 Å². The number of ketones is 2. The topological polar surface area (TPSA) is 63.7 Å². The number of Topliss-reactive ketones (excluding diaryl/α,β-unsaturated/α-hetero) is 2. The van der Waals surface area contributed by atoms with E-state index >= 15 is 0 Å². The zero-order chi connectivity index (χ0) is 19.8. The Kier molecular flexibility index (Phi) is 4.89. The maximum absolute atomic E-state index is 13.1. The highest BCUT2D eigenvalue weighted by Gasteiger charge is 2.38. The van der Waals surface area contributed by atoms with Crippen LogP contribution < -0.4 is 4.90 Å². The largest absolute Gasteiger partial charge is 0.443 e. The lowest BCUT2D eigenvalue weighted by atomic mass is 9.91. The fourth-order valence-electron chi connectivity index (χ4n) is 2.74. The molecule has 0 unspecified atom stereocenters. The zero-order valence-corrected chi connectivity index (χ0v) is 15.9. The molecule has 27 heavy (non-hydrogen) atoms. The van der Waals surface area contributed by atoms with Gasteiger partial charge in [0.05, 0.1) is 5.69 Å². The molecule has 0 heterocycles. The third-order valence-electron chi connectivity index (χ3n) is 3.85. The summed E-state index contributed by atoms with van der Waals surface area (Å²) in [6.07, 6.45) is -0.789. The Morgan fingerprint density at radius 3 is 1.96 bits per heavy atom. The first-order chi connectivity index (χ1) is 12.7. The van der Waals surface area contributed by atoms with Crippen molar-refractivity contribution in [1.29, 1.82) is 0 Å². The normalized spacial score (nSPS) is 14.1. The van der Waals surface area contributed by atoms with Gasteiger partial charge in [0.2, 0.25) is 11.6 Å². The van der Waals surface area contributed by atoms with Crippen LogP contribution in [0.3, 0.4) is 0 Å². The molecule has 0 saturated carbocycles. The molecule has 1 aliphatic rings. The molecule has 0 atom stereocenters. The number of anilines is 1. The molecule has 138 valence electrons. The molecule has 0 aromatic heterocycles. The fraction of sp³-hybridized carbons (Fsp3) is 0.190. The molecular formula is C21H18ClNO4. The monoisotopic (exact) mass is 383 g/mol. The van der Waals surface area contributed by atoms with Crippen LogP contribution in [0.15, 0.2) is 65.3 Å². The van der Waals surface area contributed by atoms with E-state index in [0.29, 0.717) is 5.69 Å². The van der Waals surface area contributed by atoms with Crippen LogP contribution in [0.1, 0.15) is 41.5 Å². The summed E-state index contributed by atoms with van der Waals surface area (Å²) >= 11 is 6.28. The van der Waals surface area contributed by atoms with Gasteiger partial charge < -0.3 is 4.74 Å². The standard InChI is InChI=1S/C21H18ClNO4/c1-21(2,3)27-20(26)23(13-9-5-4-6-10-13)17-16(22)18(24)14-11-7-8-12-15(14)19(17)25/h4-12H,1-3H3. The second-order valence-electron chi connectivity index (χ2n) is 7.02. The number of hydrogen-bond acceptors (Lipinski definition) is 4. The highest BCUT2D eigenvalue weighted by Crippen LogP contribution is 2.34. The second kappa shape index (κ2) is 7.00. The minimum atomic E-state index is -0.795. The Bertz CT molecular complexity index is 958. The number of hydrogen-bond donors (Lipinski definition) is 0. The van der Waals surface area contributed by atoms with E-state index in [4.69, 9.17) is 16.3 Å². The number of rotatable bonds is 2. The number of halogens is 1. The van der Waals surface area contributed by atoms with Crippen LogP contribution in [0.5, 0.6) is 0 Å². The van der Waals surface area contributed by atoms with Gasteiger partial charge in [-0.3, -0.25) is 9.59 Å². The summed E-state index contributed by atoms with van der Waals surface area (Å²) in [4.78, 5) is 39.8. The molecule has 0 aliphatic heterocycles. The third kappa shape index (κ3) is 3.64. The first kappa shape index (κ1) is 18.9. The number of para-hydroxylation sites is 1. The van der Waals surface area contributed by atoms with Crippen molar-refractivity contribution in [1.82, 2.24) is 0 Å². The van der Waals surface area contributed by atoms with Crippen LogP contribution in [-0.4, -0.2) is 23.3 Å². The molecule has 3 rings (SSSR count). The Morgan fingerprint density at radius 2 is 1.41 bits per heavy atom. The van der Waals surface area contributed by atoms with Crippen molar-refractivity contribution in [3.63, 3.8) is 0 Å². The molecule has 6 heteroatoms. The summed E-state index contributed by atoms with van der Waals surface area (Å²) in [5.41, 5.74) is -0.211. The second-order valence-corrected chi connectivity index (χ2v) is 7.40. The zero-order valence-electron chi connectivity index (χ0n) is 15.2. The van der Waals surface area contributed by atoms with Crippen molar-refractivity contribution in [3.8, 4) is 0 Å². The van der Waals surface area contributed by atoms with Crippen molar-refractivity contribution in [2.24, 2.45) is 0 Å². The van der Waals surface area contributed by atoms with Crippen LogP contribution >= 0.6 is 11.6 Å². The minimum Gasteiger partial charge on any atom is -0.443 e. The van der Waals surface area contributed by atoms with Gasteiger partial charge >= 0.3 is 6.09 Å². The average molecular weight is 384 g/mol. The van der Waals surface area contributed by atoms with Gasteiger partial charge in [0.25, 0.3) is 0 Å². The summed E-state index contributed by atoms with van der Waals surface area (Å²) in [6, 6.07) is 14.9. The molecule has 0 spiro atoms. The van der Waals surface area contributed by atoms with Crippen LogP contribution in [0.25, 0.3) is 0 Å². The number of carbonyl (C=O) groups is 3. The predicted molar refractivity (Wildman–Crippen MR) is 103 cm³/mol. The van der Waals surface area contributed by atoms with E-state index in [1.165, 1.54) is 12.1 Å². The average Bonchev–Trinajstić information content (AvgIpc) is 2.62. The number of carbonyl (C=O) groups excluding carboxylic acids is 3. The smallest absolute Gasteiger partial charge is 0.419 e. The van der Waals surface area contributed by atoms with Crippen molar-refractivity contribution in [2.75, 3.05) is 4.90 Å². The fourth-order valence-corrected chi connectivity index (χ4v) is 3.01. The molecule has 0 fully saturated rings. The maximum atomic E-state index is 13.1. The first-order valence-corrected chi connectivity index (χ1v) is 8.75. The molecule has 1 aliphatic carbocycles. The Hall–Kier alpha value is -2.92. The molecule has 2 aromatic rings. The maximum Gasteiger partial charge on any atom is 0.419 e. The highest BCUT2D eigenvalue weighted by atomic mass is 35.5. The lowest BCUT2D eigenvalue weighted by Crippen LogP contribution is -2.41. The summed E-state index contributed by atoms with van der Waals surface area (Å²) in [5.74, 6) is -1.02.